The average molecular weight is 639 g/mol. The van der Waals surface area contributed by atoms with Crippen molar-refractivity contribution in [2.45, 2.75) is 68.3 Å². The molecule has 10 atom stereocenters. The van der Waals surface area contributed by atoms with E-state index in [1.54, 1.807) is 0 Å². The largest absolute Gasteiger partial charge is 0.507 e. The highest BCUT2D eigenvalue weighted by molar-refractivity contribution is 5.86. The predicted octanol–water partition coefficient (Wildman–Crippen LogP) is -1.08. The number of aliphatic hydroxyl groups excluding tert-OH is 6. The lowest BCUT2D eigenvalue weighted by Gasteiger charge is -2.45. The summed E-state index contributed by atoms with van der Waals surface area (Å²) in [6.45, 7) is 0.675. The minimum Gasteiger partial charge on any atom is -0.507 e. The van der Waals surface area contributed by atoms with Gasteiger partial charge in [-0.25, -0.2) is 0 Å². The number of benzene rings is 2. The summed E-state index contributed by atoms with van der Waals surface area (Å²) in [6.07, 6.45) is -15.6. The fraction of sp³-hybridized carbons (Fsp3) is 0.483. The van der Waals surface area contributed by atoms with Crippen molar-refractivity contribution < 1.29 is 73.7 Å². The molecule has 5 rings (SSSR count). The first-order chi connectivity index (χ1) is 21.4. The van der Waals surface area contributed by atoms with Gasteiger partial charge in [0, 0.05) is 23.8 Å². The Morgan fingerprint density at radius 3 is 2.09 bits per heavy atom. The van der Waals surface area contributed by atoms with Crippen LogP contribution in [0.2, 0.25) is 0 Å². The number of phenolic OH excluding ortho intramolecular Hbond substituents is 2. The molecule has 246 valence electrons. The highest BCUT2D eigenvalue weighted by Crippen LogP contribution is 2.41. The van der Waals surface area contributed by atoms with Crippen molar-refractivity contribution in [1.82, 2.24) is 0 Å². The molecule has 2 aliphatic rings. The number of aromatic hydroxyl groups is 2. The topological polar surface area (TPSA) is 247 Å². The lowest BCUT2D eigenvalue weighted by Crippen LogP contribution is -2.64. The summed E-state index contributed by atoms with van der Waals surface area (Å²) >= 11 is 0. The van der Waals surface area contributed by atoms with Crippen LogP contribution >= 0.6 is 0 Å². The Balaban J connectivity index is 1.50. The van der Waals surface area contributed by atoms with Gasteiger partial charge in [-0.15, -0.1) is 0 Å². The fourth-order valence-corrected chi connectivity index (χ4v) is 5.20. The van der Waals surface area contributed by atoms with Crippen molar-refractivity contribution in [2.75, 3.05) is 20.8 Å². The van der Waals surface area contributed by atoms with E-state index in [1.165, 1.54) is 39.3 Å². The van der Waals surface area contributed by atoms with Gasteiger partial charge in [0.15, 0.2) is 29.3 Å². The van der Waals surface area contributed by atoms with E-state index in [0.717, 1.165) is 12.1 Å². The Bertz CT molecular complexity index is 1550. The highest BCUT2D eigenvalue weighted by Gasteiger charge is 2.51. The number of hydrogen-bond donors (Lipinski definition) is 8. The number of rotatable bonds is 8. The van der Waals surface area contributed by atoms with Crippen LogP contribution in [-0.4, -0.2) is 123 Å². The monoisotopic (exact) mass is 638 g/mol. The van der Waals surface area contributed by atoms with Crippen LogP contribution in [-0.2, 0) is 14.2 Å². The maximum absolute atomic E-state index is 13.0. The third-order valence-electron chi connectivity index (χ3n) is 7.72. The molecule has 0 radical (unpaired) electrons. The van der Waals surface area contributed by atoms with Gasteiger partial charge in [0.1, 0.15) is 64.9 Å². The molecule has 3 heterocycles. The molecule has 2 aliphatic heterocycles. The molecular weight excluding hydrogens is 604 g/mol. The summed E-state index contributed by atoms with van der Waals surface area (Å²) in [5, 5.41) is 82.5. The van der Waals surface area contributed by atoms with E-state index >= 15 is 0 Å². The van der Waals surface area contributed by atoms with E-state index in [0.29, 0.717) is 0 Å². The summed E-state index contributed by atoms with van der Waals surface area (Å²) < 4.78 is 38.9. The third kappa shape index (κ3) is 6.11. The first-order valence-electron chi connectivity index (χ1n) is 13.8. The summed E-state index contributed by atoms with van der Waals surface area (Å²) in [5.74, 6) is -0.912. The molecule has 2 saturated heterocycles. The zero-order chi connectivity index (χ0) is 32.7. The van der Waals surface area contributed by atoms with Crippen molar-refractivity contribution in [3.8, 4) is 40.1 Å². The normalized spacial score (nSPS) is 31.9. The van der Waals surface area contributed by atoms with E-state index in [9.17, 15) is 45.6 Å². The molecule has 45 heavy (non-hydrogen) atoms. The molecule has 0 bridgehead atoms. The molecule has 2 aromatic carbocycles. The molecule has 8 N–H and O–H groups in total. The third-order valence-corrected chi connectivity index (χ3v) is 7.72. The molecular formula is C29H34O16. The van der Waals surface area contributed by atoms with Crippen LogP contribution in [0.5, 0.6) is 28.7 Å². The Morgan fingerprint density at radius 1 is 0.800 bits per heavy atom. The van der Waals surface area contributed by atoms with E-state index in [4.69, 9.17) is 32.8 Å². The first kappa shape index (κ1) is 32.7. The van der Waals surface area contributed by atoms with Gasteiger partial charge in [-0.1, -0.05) is 0 Å². The second kappa shape index (κ2) is 13.0. The van der Waals surface area contributed by atoms with Crippen molar-refractivity contribution in [1.29, 1.82) is 0 Å². The lowest BCUT2D eigenvalue weighted by molar-refractivity contribution is -0.354. The molecule has 0 spiro atoms. The Kier molecular flexibility index (Phi) is 9.41. The van der Waals surface area contributed by atoms with Gasteiger partial charge in [0.05, 0.1) is 26.9 Å². The van der Waals surface area contributed by atoms with E-state index in [1.807, 2.05) is 0 Å². The van der Waals surface area contributed by atoms with Crippen LogP contribution in [0, 0.1) is 0 Å². The number of phenols is 2. The van der Waals surface area contributed by atoms with Gasteiger partial charge in [-0.2, -0.15) is 0 Å². The number of aliphatic hydroxyl groups is 6. The smallest absolute Gasteiger partial charge is 0.229 e. The molecule has 16 nitrogen and oxygen atoms in total. The summed E-state index contributed by atoms with van der Waals surface area (Å²) in [5.41, 5.74) is -0.498. The van der Waals surface area contributed by atoms with Gasteiger partial charge in [-0.3, -0.25) is 4.79 Å². The van der Waals surface area contributed by atoms with Gasteiger partial charge >= 0.3 is 0 Å². The van der Waals surface area contributed by atoms with E-state index in [2.05, 4.69) is 0 Å². The van der Waals surface area contributed by atoms with Crippen LogP contribution in [0.3, 0.4) is 0 Å². The van der Waals surface area contributed by atoms with Gasteiger partial charge in [0.25, 0.3) is 0 Å². The van der Waals surface area contributed by atoms with E-state index in [-0.39, 0.29) is 45.3 Å². The van der Waals surface area contributed by atoms with Crippen molar-refractivity contribution in [3.63, 3.8) is 0 Å². The number of methoxy groups -OCH3 is 2. The molecule has 1 aromatic heterocycles. The van der Waals surface area contributed by atoms with Crippen LogP contribution in [0.1, 0.15) is 6.92 Å². The summed E-state index contributed by atoms with van der Waals surface area (Å²) in [6, 6.07) is 6.22. The lowest BCUT2D eigenvalue weighted by atomic mass is 9.97. The second-order valence-corrected chi connectivity index (χ2v) is 10.6. The molecule has 16 heteroatoms. The number of ether oxygens (including phenoxy) is 6. The summed E-state index contributed by atoms with van der Waals surface area (Å²) in [7, 11) is 2.65. The second-order valence-electron chi connectivity index (χ2n) is 10.6. The zero-order valence-electron chi connectivity index (χ0n) is 24.2. The molecule has 2 fully saturated rings. The van der Waals surface area contributed by atoms with Crippen LogP contribution in [0.15, 0.2) is 39.5 Å². The van der Waals surface area contributed by atoms with Crippen LogP contribution < -0.4 is 19.6 Å². The molecule has 0 unspecified atom stereocenters. The predicted molar refractivity (Wildman–Crippen MR) is 150 cm³/mol. The maximum Gasteiger partial charge on any atom is 0.229 e. The van der Waals surface area contributed by atoms with Crippen LogP contribution in [0.25, 0.3) is 22.3 Å². The average Bonchev–Trinajstić information content (AvgIpc) is 3.01. The standard InChI is InChI=1S/C29H34O16/c1-10-21(33)24(36)26(38)28(41-10)45-27-25(37)23(35)19(9-30)44-29(27)42-12-6-13(31)20-14(32)8-15(43-16(20)7-12)11-4-17(39-2)22(34)18(5-11)40-3/h4-8,10,19,21,23-31,33-38H,9H2,1-3H3/t10-,19-,21-,23-,24-,25+,26-,27-,28-,29-/m0/s1. The van der Waals surface area contributed by atoms with Gasteiger partial charge in [-0.05, 0) is 19.1 Å². The SMILES string of the molecule is COc1cc(-c2cc(=O)c3c(O)cc(O[C@H]4O[C@@H](CO)[C@H](O)[C@@H](O)[C@@H]4O[C@@H]4O[C@@H](C)[C@H](O)[C@H](O)[C@@H]4O)cc3o2)cc(OC)c1O. The quantitative estimate of drug-likeness (QED) is 0.146. The van der Waals surface area contributed by atoms with Crippen molar-refractivity contribution in [3.05, 3.63) is 40.6 Å². The molecule has 0 saturated carbocycles. The molecule has 3 aromatic rings. The molecule has 0 aliphatic carbocycles. The van der Waals surface area contributed by atoms with Crippen molar-refractivity contribution >= 4 is 11.0 Å². The Hall–Kier alpha value is -3.71. The minimum absolute atomic E-state index is 0.00738. The zero-order valence-corrected chi connectivity index (χ0v) is 24.2. The van der Waals surface area contributed by atoms with Gasteiger partial charge < -0.3 is 73.7 Å². The minimum atomic E-state index is -1.78. The van der Waals surface area contributed by atoms with Crippen LogP contribution in [0.4, 0.5) is 0 Å². The van der Waals surface area contributed by atoms with Gasteiger partial charge in [0.2, 0.25) is 12.0 Å². The highest BCUT2D eigenvalue weighted by atomic mass is 16.8. The Labute approximate surface area is 254 Å². The number of hydrogen-bond acceptors (Lipinski definition) is 16. The maximum atomic E-state index is 13.0. The Morgan fingerprint density at radius 2 is 1.47 bits per heavy atom. The fourth-order valence-electron chi connectivity index (χ4n) is 5.20. The number of fused-ring (bicyclic) bond motifs is 1. The van der Waals surface area contributed by atoms with Crippen molar-refractivity contribution in [2.24, 2.45) is 0 Å². The summed E-state index contributed by atoms with van der Waals surface area (Å²) in [4.78, 5) is 13.0. The first-order valence-corrected chi connectivity index (χ1v) is 13.8. The van der Waals surface area contributed by atoms with E-state index < -0.39 is 79.2 Å². The molecule has 0 amide bonds.